The maximum atomic E-state index is 12.6. The summed E-state index contributed by atoms with van der Waals surface area (Å²) in [5.41, 5.74) is 9.88. The van der Waals surface area contributed by atoms with E-state index >= 15 is 0 Å². The van der Waals surface area contributed by atoms with Crippen LogP contribution in [0.1, 0.15) is 23.1 Å². The molecule has 21 heavy (non-hydrogen) atoms. The van der Waals surface area contributed by atoms with Gasteiger partial charge in [0.1, 0.15) is 4.90 Å². The fourth-order valence-electron chi connectivity index (χ4n) is 2.88. The molecular formula is C16H18N2O2S. The Balaban J connectivity index is 1.97. The van der Waals surface area contributed by atoms with Crippen molar-refractivity contribution in [1.82, 2.24) is 0 Å². The van der Waals surface area contributed by atoms with Gasteiger partial charge in [0.05, 0.1) is 5.69 Å². The lowest BCUT2D eigenvalue weighted by Crippen LogP contribution is -2.16. The van der Waals surface area contributed by atoms with Crippen molar-refractivity contribution in [2.24, 2.45) is 0 Å². The molecule has 0 aliphatic heterocycles. The average molecular weight is 302 g/mol. The predicted molar refractivity (Wildman–Crippen MR) is 84.9 cm³/mol. The van der Waals surface area contributed by atoms with E-state index < -0.39 is 10.0 Å². The highest BCUT2D eigenvalue weighted by Gasteiger charge is 2.21. The summed E-state index contributed by atoms with van der Waals surface area (Å²) in [6.07, 6.45) is 3.22. The van der Waals surface area contributed by atoms with Gasteiger partial charge in [-0.3, -0.25) is 4.72 Å². The van der Waals surface area contributed by atoms with Crippen LogP contribution in [0.25, 0.3) is 0 Å². The number of nitrogens with one attached hydrogen (secondary N) is 1. The molecule has 110 valence electrons. The first-order valence-corrected chi connectivity index (χ1v) is 8.45. The van der Waals surface area contributed by atoms with Crippen molar-refractivity contribution in [1.29, 1.82) is 0 Å². The number of nitrogens with two attached hydrogens (primary N) is 1. The molecule has 0 heterocycles. The van der Waals surface area contributed by atoms with Gasteiger partial charge in [-0.05, 0) is 61.1 Å². The number of rotatable bonds is 3. The highest BCUT2D eigenvalue weighted by molar-refractivity contribution is 7.93. The molecule has 0 saturated heterocycles. The van der Waals surface area contributed by atoms with Gasteiger partial charge >= 0.3 is 0 Å². The SMILES string of the molecule is Cc1cccc(N)c1S(=O)(=O)Nc1ccc2c(c1)CCC2. The van der Waals surface area contributed by atoms with Crippen LogP contribution in [0.3, 0.4) is 0 Å². The fourth-order valence-corrected chi connectivity index (χ4v) is 4.29. The van der Waals surface area contributed by atoms with Gasteiger partial charge in [0, 0.05) is 5.69 Å². The Morgan fingerprint density at radius 2 is 1.86 bits per heavy atom. The van der Waals surface area contributed by atoms with Crippen LogP contribution in [0.15, 0.2) is 41.3 Å². The monoisotopic (exact) mass is 302 g/mol. The van der Waals surface area contributed by atoms with E-state index in [1.165, 1.54) is 11.1 Å². The second-order valence-corrected chi connectivity index (χ2v) is 7.06. The van der Waals surface area contributed by atoms with Crippen molar-refractivity contribution in [2.75, 3.05) is 10.5 Å². The molecule has 0 fully saturated rings. The van der Waals surface area contributed by atoms with E-state index in [1.807, 2.05) is 18.2 Å². The molecule has 3 rings (SSSR count). The van der Waals surface area contributed by atoms with Crippen LogP contribution in [0.2, 0.25) is 0 Å². The van der Waals surface area contributed by atoms with Crippen molar-refractivity contribution in [3.63, 3.8) is 0 Å². The predicted octanol–water partition coefficient (Wildman–Crippen LogP) is 2.87. The number of nitrogen functional groups attached to an aromatic ring is 1. The Kier molecular flexibility index (Phi) is 3.37. The molecule has 3 N–H and O–H groups in total. The van der Waals surface area contributed by atoms with Crippen LogP contribution < -0.4 is 10.5 Å². The van der Waals surface area contributed by atoms with Crippen molar-refractivity contribution < 1.29 is 8.42 Å². The molecule has 0 aromatic heterocycles. The van der Waals surface area contributed by atoms with Crippen molar-refractivity contribution in [3.8, 4) is 0 Å². The number of anilines is 2. The van der Waals surface area contributed by atoms with Crippen LogP contribution >= 0.6 is 0 Å². The highest BCUT2D eigenvalue weighted by atomic mass is 32.2. The van der Waals surface area contributed by atoms with E-state index in [9.17, 15) is 8.42 Å². The van der Waals surface area contributed by atoms with E-state index in [2.05, 4.69) is 4.72 Å². The van der Waals surface area contributed by atoms with Gasteiger partial charge in [-0.15, -0.1) is 0 Å². The normalized spacial score (nSPS) is 14.0. The number of hydrogen-bond donors (Lipinski definition) is 2. The summed E-state index contributed by atoms with van der Waals surface area (Å²) in [5, 5.41) is 0. The molecule has 0 bridgehead atoms. The first-order chi connectivity index (χ1) is 9.97. The molecule has 0 radical (unpaired) electrons. The molecule has 2 aromatic carbocycles. The maximum absolute atomic E-state index is 12.6. The number of sulfonamides is 1. The highest BCUT2D eigenvalue weighted by Crippen LogP contribution is 2.28. The van der Waals surface area contributed by atoms with Gasteiger partial charge < -0.3 is 5.73 Å². The molecule has 5 heteroatoms. The molecular weight excluding hydrogens is 284 g/mol. The third kappa shape index (κ3) is 2.61. The lowest BCUT2D eigenvalue weighted by molar-refractivity contribution is 0.601. The number of hydrogen-bond acceptors (Lipinski definition) is 3. The summed E-state index contributed by atoms with van der Waals surface area (Å²) in [4.78, 5) is 0.158. The van der Waals surface area contributed by atoms with E-state index in [0.717, 1.165) is 19.3 Å². The summed E-state index contributed by atoms with van der Waals surface area (Å²) in [7, 11) is -3.67. The summed E-state index contributed by atoms with van der Waals surface area (Å²) in [5.74, 6) is 0. The average Bonchev–Trinajstić information content (AvgIpc) is 2.85. The molecule has 2 aromatic rings. The van der Waals surface area contributed by atoms with Crippen LogP contribution in [-0.4, -0.2) is 8.42 Å². The van der Waals surface area contributed by atoms with E-state index in [0.29, 0.717) is 11.3 Å². The van der Waals surface area contributed by atoms with Gasteiger partial charge in [-0.1, -0.05) is 18.2 Å². The molecule has 0 unspecified atom stereocenters. The second kappa shape index (κ2) is 5.07. The Labute approximate surface area is 125 Å². The summed E-state index contributed by atoms with van der Waals surface area (Å²) in [6.45, 7) is 1.74. The molecule has 4 nitrogen and oxygen atoms in total. The fraction of sp³-hybridized carbons (Fsp3) is 0.250. The van der Waals surface area contributed by atoms with Crippen LogP contribution in [0.5, 0.6) is 0 Å². The van der Waals surface area contributed by atoms with Crippen LogP contribution in [-0.2, 0) is 22.9 Å². The number of aryl methyl sites for hydroxylation is 3. The number of fused-ring (bicyclic) bond motifs is 1. The van der Waals surface area contributed by atoms with Crippen LogP contribution in [0.4, 0.5) is 11.4 Å². The zero-order chi connectivity index (χ0) is 15.0. The van der Waals surface area contributed by atoms with Gasteiger partial charge in [-0.2, -0.15) is 0 Å². The largest absolute Gasteiger partial charge is 0.398 e. The zero-order valence-electron chi connectivity index (χ0n) is 11.9. The Morgan fingerprint density at radius 1 is 1.10 bits per heavy atom. The van der Waals surface area contributed by atoms with Gasteiger partial charge in [-0.25, -0.2) is 8.42 Å². The minimum absolute atomic E-state index is 0.158. The molecule has 0 saturated carbocycles. The van der Waals surface area contributed by atoms with E-state index in [4.69, 9.17) is 5.73 Å². The van der Waals surface area contributed by atoms with Gasteiger partial charge in [0.2, 0.25) is 0 Å². The Hall–Kier alpha value is -2.01. The number of benzene rings is 2. The lowest BCUT2D eigenvalue weighted by atomic mass is 10.1. The lowest BCUT2D eigenvalue weighted by Gasteiger charge is -2.13. The maximum Gasteiger partial charge on any atom is 0.264 e. The quantitative estimate of drug-likeness (QED) is 0.856. The summed E-state index contributed by atoms with van der Waals surface area (Å²) < 4.78 is 27.7. The van der Waals surface area contributed by atoms with Gasteiger partial charge in [0.15, 0.2) is 0 Å². The van der Waals surface area contributed by atoms with E-state index in [-0.39, 0.29) is 10.6 Å². The summed E-state index contributed by atoms with van der Waals surface area (Å²) >= 11 is 0. The van der Waals surface area contributed by atoms with Crippen molar-refractivity contribution in [3.05, 3.63) is 53.1 Å². The minimum atomic E-state index is -3.67. The first-order valence-electron chi connectivity index (χ1n) is 6.97. The van der Waals surface area contributed by atoms with Gasteiger partial charge in [0.25, 0.3) is 10.0 Å². The molecule has 0 atom stereocenters. The topological polar surface area (TPSA) is 72.2 Å². The molecule has 1 aliphatic carbocycles. The Morgan fingerprint density at radius 3 is 2.62 bits per heavy atom. The third-order valence-electron chi connectivity index (χ3n) is 3.86. The molecule has 0 amide bonds. The minimum Gasteiger partial charge on any atom is -0.398 e. The van der Waals surface area contributed by atoms with Crippen molar-refractivity contribution >= 4 is 21.4 Å². The summed E-state index contributed by atoms with van der Waals surface area (Å²) in [6, 6.07) is 10.8. The Bertz CT molecular complexity index is 778. The molecule has 0 spiro atoms. The first kappa shape index (κ1) is 13.9. The smallest absolute Gasteiger partial charge is 0.264 e. The van der Waals surface area contributed by atoms with E-state index in [1.54, 1.807) is 25.1 Å². The van der Waals surface area contributed by atoms with Crippen molar-refractivity contribution in [2.45, 2.75) is 31.1 Å². The third-order valence-corrected chi connectivity index (χ3v) is 5.46. The standard InChI is InChI=1S/C16H18N2O2S/c1-11-4-2-7-15(17)16(11)21(19,20)18-14-9-8-12-5-3-6-13(12)10-14/h2,4,7-10,18H,3,5-6,17H2,1H3. The van der Waals surface area contributed by atoms with Crippen LogP contribution in [0, 0.1) is 6.92 Å². The second-order valence-electron chi connectivity index (χ2n) is 5.44. The molecule has 1 aliphatic rings. The zero-order valence-corrected chi connectivity index (χ0v) is 12.7.